The van der Waals surface area contributed by atoms with Crippen molar-refractivity contribution in [1.29, 1.82) is 0 Å². The zero-order valence-electron chi connectivity index (χ0n) is 19.2. The number of fused-ring (bicyclic) bond motifs is 1. The third-order valence-electron chi connectivity index (χ3n) is 6.54. The third kappa shape index (κ3) is 4.65. The fourth-order valence-electron chi connectivity index (χ4n) is 4.59. The lowest BCUT2D eigenvalue weighted by Crippen LogP contribution is -2.46. The van der Waals surface area contributed by atoms with E-state index in [1.54, 1.807) is 13.2 Å². The van der Waals surface area contributed by atoms with Crippen molar-refractivity contribution >= 4 is 17.1 Å². The second kappa shape index (κ2) is 9.65. The van der Waals surface area contributed by atoms with Crippen molar-refractivity contribution < 1.29 is 9.53 Å². The second-order valence-electron chi connectivity index (χ2n) is 8.86. The molecular weight excluding hydrogens is 428 g/mol. The zero-order valence-corrected chi connectivity index (χ0v) is 19.2. The summed E-state index contributed by atoms with van der Waals surface area (Å²) in [5.41, 5.74) is 4.50. The summed E-state index contributed by atoms with van der Waals surface area (Å²) >= 11 is 0. The topological polar surface area (TPSA) is 89.0 Å². The molecule has 1 aliphatic rings. The van der Waals surface area contributed by atoms with E-state index in [0.717, 1.165) is 47.9 Å². The lowest BCUT2D eigenvalue weighted by Gasteiger charge is -2.32. The average Bonchev–Trinajstić information content (AvgIpc) is 3.17. The third-order valence-corrected chi connectivity index (χ3v) is 6.54. The van der Waals surface area contributed by atoms with Crippen LogP contribution < -0.4 is 11.0 Å². The molecule has 0 spiro atoms. The molecule has 0 bridgehead atoms. The minimum atomic E-state index is -0.204. The summed E-state index contributed by atoms with van der Waals surface area (Å²) in [6.07, 6.45) is 5.76. The number of amides is 1. The molecule has 5 rings (SSSR count). The minimum absolute atomic E-state index is 0.00238. The number of carbonyl (C=O) groups excluding carboxylic acids is 1. The Morgan fingerprint density at radius 3 is 2.76 bits per heavy atom. The van der Waals surface area contributed by atoms with E-state index in [1.807, 2.05) is 48.5 Å². The molecule has 174 valence electrons. The first-order valence-electron chi connectivity index (χ1n) is 11.7. The summed E-state index contributed by atoms with van der Waals surface area (Å²) in [7, 11) is 1.71. The summed E-state index contributed by atoms with van der Waals surface area (Å²) in [5, 5.41) is 3.21. The first-order chi connectivity index (χ1) is 16.6. The molecular formula is C27H28N4O3. The Balaban J connectivity index is 1.31. The monoisotopic (exact) mass is 456 g/mol. The van der Waals surface area contributed by atoms with Crippen molar-refractivity contribution in [3.63, 3.8) is 0 Å². The number of nitrogens with zero attached hydrogens (tertiary/aromatic N) is 2. The van der Waals surface area contributed by atoms with Crippen molar-refractivity contribution in [2.75, 3.05) is 0 Å². The largest absolute Gasteiger partial charge is 0.371 e. The number of H-pyrrole nitrogens is 1. The Labute approximate surface area is 197 Å². The van der Waals surface area contributed by atoms with Gasteiger partial charge in [-0.3, -0.25) is 14.3 Å². The molecule has 2 aromatic heterocycles. The number of imidazole rings is 1. The van der Waals surface area contributed by atoms with Gasteiger partial charge in [0.2, 0.25) is 0 Å². The van der Waals surface area contributed by atoms with Crippen LogP contribution in [0.3, 0.4) is 0 Å². The van der Waals surface area contributed by atoms with Gasteiger partial charge in [-0.05, 0) is 42.2 Å². The van der Waals surface area contributed by atoms with Gasteiger partial charge in [-0.2, -0.15) is 0 Å². The number of aromatic amines is 1. The number of rotatable bonds is 6. The molecule has 0 unspecified atom stereocenters. The predicted octanol–water partition coefficient (Wildman–Crippen LogP) is 4.19. The molecule has 2 heterocycles. The maximum Gasteiger partial charge on any atom is 0.327 e. The fourth-order valence-corrected chi connectivity index (χ4v) is 4.59. The number of pyridine rings is 1. The van der Waals surface area contributed by atoms with Crippen LogP contribution in [-0.2, 0) is 18.4 Å². The highest BCUT2D eigenvalue weighted by Crippen LogP contribution is 2.25. The maximum absolute atomic E-state index is 13.2. The van der Waals surface area contributed by atoms with Crippen LogP contribution in [0.5, 0.6) is 0 Å². The average molecular weight is 457 g/mol. The minimum Gasteiger partial charge on any atom is -0.371 e. The van der Waals surface area contributed by atoms with Crippen LogP contribution in [0.4, 0.5) is 0 Å². The normalized spacial score (nSPS) is 18.1. The molecule has 7 heteroatoms. The van der Waals surface area contributed by atoms with Crippen LogP contribution in [0.15, 0.2) is 71.7 Å². The van der Waals surface area contributed by atoms with Gasteiger partial charge in [0.05, 0.1) is 24.3 Å². The van der Waals surface area contributed by atoms with Gasteiger partial charge in [0.25, 0.3) is 5.91 Å². The summed E-state index contributed by atoms with van der Waals surface area (Å²) in [6.45, 7) is 0.546. The number of benzene rings is 2. The number of aromatic nitrogens is 3. The number of ether oxygens (including phenoxy) is 1. The van der Waals surface area contributed by atoms with Gasteiger partial charge in [0.1, 0.15) is 0 Å². The number of nitrogens with one attached hydrogen (secondary N) is 2. The van der Waals surface area contributed by atoms with Gasteiger partial charge in [-0.1, -0.05) is 55.3 Å². The molecule has 7 nitrogen and oxygen atoms in total. The van der Waals surface area contributed by atoms with E-state index in [1.165, 1.54) is 4.57 Å². The second-order valence-corrected chi connectivity index (χ2v) is 8.86. The molecule has 2 atom stereocenters. The molecule has 1 saturated carbocycles. The Kier molecular flexibility index (Phi) is 6.27. The van der Waals surface area contributed by atoms with Gasteiger partial charge < -0.3 is 10.1 Å². The van der Waals surface area contributed by atoms with E-state index < -0.39 is 0 Å². The molecule has 34 heavy (non-hydrogen) atoms. The van der Waals surface area contributed by atoms with Crippen molar-refractivity contribution in [3.05, 3.63) is 88.5 Å². The number of hydrogen-bond donors (Lipinski definition) is 2. The van der Waals surface area contributed by atoms with Gasteiger partial charge in [0.15, 0.2) is 5.65 Å². The smallest absolute Gasteiger partial charge is 0.327 e. The molecule has 1 amide bonds. The summed E-state index contributed by atoms with van der Waals surface area (Å²) < 4.78 is 7.74. The van der Waals surface area contributed by atoms with Crippen LogP contribution in [0.1, 0.15) is 41.6 Å². The van der Waals surface area contributed by atoms with E-state index >= 15 is 0 Å². The van der Waals surface area contributed by atoms with Gasteiger partial charge in [0, 0.05) is 24.4 Å². The van der Waals surface area contributed by atoms with E-state index in [4.69, 9.17) is 4.74 Å². The molecule has 1 fully saturated rings. The summed E-state index contributed by atoms with van der Waals surface area (Å²) in [5.74, 6) is -0.106. The van der Waals surface area contributed by atoms with E-state index in [9.17, 15) is 9.59 Å². The highest BCUT2D eigenvalue weighted by atomic mass is 16.5. The van der Waals surface area contributed by atoms with Crippen LogP contribution in [-0.4, -0.2) is 32.6 Å². The Hall–Kier alpha value is -3.71. The van der Waals surface area contributed by atoms with E-state index in [0.29, 0.717) is 17.8 Å². The van der Waals surface area contributed by atoms with E-state index in [2.05, 4.69) is 27.4 Å². The first kappa shape index (κ1) is 22.1. The van der Waals surface area contributed by atoms with Crippen LogP contribution >= 0.6 is 0 Å². The molecule has 2 N–H and O–H groups in total. The lowest BCUT2D eigenvalue weighted by molar-refractivity contribution is -0.00461. The summed E-state index contributed by atoms with van der Waals surface area (Å²) in [4.78, 5) is 32.1. The fraction of sp³-hybridized carbons (Fsp3) is 0.296. The SMILES string of the molecule is Cn1c(=O)[nH]c2ncc(-c3cccc(C(=O)N[C@@H]4CCCC[C@H]4OCc4ccccc4)c3)cc21. The van der Waals surface area contributed by atoms with Crippen LogP contribution in [0, 0.1) is 0 Å². The van der Waals surface area contributed by atoms with Crippen molar-refractivity contribution in [2.45, 2.75) is 44.4 Å². The number of carbonyl (C=O) groups is 1. The van der Waals surface area contributed by atoms with Crippen molar-refractivity contribution in [3.8, 4) is 11.1 Å². The first-order valence-corrected chi connectivity index (χ1v) is 11.7. The molecule has 0 radical (unpaired) electrons. The predicted molar refractivity (Wildman–Crippen MR) is 132 cm³/mol. The highest BCUT2D eigenvalue weighted by Gasteiger charge is 2.27. The van der Waals surface area contributed by atoms with Crippen LogP contribution in [0.2, 0.25) is 0 Å². The molecule has 4 aromatic rings. The Bertz CT molecular complexity index is 1360. The van der Waals surface area contributed by atoms with Crippen molar-refractivity contribution in [1.82, 2.24) is 19.9 Å². The number of hydrogen-bond acceptors (Lipinski definition) is 4. The van der Waals surface area contributed by atoms with Crippen LogP contribution in [0.25, 0.3) is 22.3 Å². The van der Waals surface area contributed by atoms with Crippen molar-refractivity contribution in [2.24, 2.45) is 7.05 Å². The quantitative estimate of drug-likeness (QED) is 0.455. The van der Waals surface area contributed by atoms with Gasteiger partial charge >= 0.3 is 5.69 Å². The molecule has 0 aliphatic heterocycles. The molecule has 0 saturated heterocycles. The standard InChI is InChI=1S/C27H28N4O3/c1-31-23-15-21(16-28-25(23)30-27(31)33)19-10-7-11-20(14-19)26(32)29-22-12-5-6-13-24(22)34-17-18-8-3-2-4-9-18/h2-4,7-11,14-16,22,24H,5-6,12-13,17H2,1H3,(H,29,32)(H,28,30,33)/t22-,24-/m1/s1. The molecule has 2 aromatic carbocycles. The summed E-state index contributed by atoms with van der Waals surface area (Å²) in [6, 6.07) is 19.5. The highest BCUT2D eigenvalue weighted by molar-refractivity contribution is 5.96. The van der Waals surface area contributed by atoms with E-state index in [-0.39, 0.29) is 23.7 Å². The molecule has 1 aliphatic carbocycles. The zero-order chi connectivity index (χ0) is 23.5. The van der Waals surface area contributed by atoms with Gasteiger partial charge in [-0.25, -0.2) is 9.78 Å². The Morgan fingerprint density at radius 2 is 1.91 bits per heavy atom. The number of aryl methyl sites for hydroxylation is 1. The lowest BCUT2D eigenvalue weighted by atomic mass is 9.92. The maximum atomic E-state index is 13.2. The Morgan fingerprint density at radius 1 is 1.09 bits per heavy atom. The van der Waals surface area contributed by atoms with Gasteiger partial charge in [-0.15, -0.1) is 0 Å².